The first kappa shape index (κ1) is 19.1. The topological polar surface area (TPSA) is 71.4 Å². The summed E-state index contributed by atoms with van der Waals surface area (Å²) in [7, 11) is 0. The molecule has 0 spiro atoms. The van der Waals surface area contributed by atoms with Gasteiger partial charge in [0.2, 0.25) is 5.78 Å². The Labute approximate surface area is 169 Å². The van der Waals surface area contributed by atoms with Crippen molar-refractivity contribution in [2.45, 2.75) is 26.2 Å². The molecule has 2 aromatic carbocycles. The largest absolute Gasteiger partial charge is 0.504 e. The van der Waals surface area contributed by atoms with Crippen molar-refractivity contribution in [3.05, 3.63) is 94.8 Å². The van der Waals surface area contributed by atoms with E-state index in [1.54, 1.807) is 54.6 Å². The van der Waals surface area contributed by atoms with Crippen molar-refractivity contribution in [2.24, 2.45) is 11.3 Å². The summed E-state index contributed by atoms with van der Waals surface area (Å²) in [6, 6.07) is 15.7. The van der Waals surface area contributed by atoms with Gasteiger partial charge in [0.1, 0.15) is 5.41 Å². The normalized spacial score (nSPS) is 20.9. The maximum atomic E-state index is 13.7. The summed E-state index contributed by atoms with van der Waals surface area (Å²) in [5.74, 6) is -2.28. The molecule has 29 heavy (non-hydrogen) atoms. The molecule has 146 valence electrons. The first-order valence-corrected chi connectivity index (χ1v) is 9.61. The number of fused-ring (bicyclic) bond motifs is 1. The van der Waals surface area contributed by atoms with E-state index < -0.39 is 28.3 Å². The van der Waals surface area contributed by atoms with E-state index in [-0.39, 0.29) is 11.6 Å². The molecule has 0 heterocycles. The summed E-state index contributed by atoms with van der Waals surface area (Å²) in [4.78, 5) is 40.1. The van der Waals surface area contributed by atoms with E-state index in [0.29, 0.717) is 22.3 Å². The number of benzene rings is 2. The fourth-order valence-electron chi connectivity index (χ4n) is 4.39. The molecule has 0 aromatic heterocycles. The highest BCUT2D eigenvalue weighted by atomic mass is 16.3. The summed E-state index contributed by atoms with van der Waals surface area (Å²) in [6.07, 6.45) is 3.04. The SMILES string of the molecule is CC(C)(C)C1=CC(C2(c3ccccc3)C(=O)c3ccccc3C2=O)C=C(O)C1=O. The predicted molar refractivity (Wildman–Crippen MR) is 110 cm³/mol. The molecule has 0 bridgehead atoms. The van der Waals surface area contributed by atoms with Crippen LogP contribution in [0.15, 0.2) is 78.1 Å². The zero-order chi connectivity index (χ0) is 21.0. The van der Waals surface area contributed by atoms with Gasteiger partial charge in [0.05, 0.1) is 0 Å². The number of Topliss-reactive ketones (excluding diaryl/α,β-unsaturated/α-hetero) is 3. The van der Waals surface area contributed by atoms with Crippen LogP contribution in [0.25, 0.3) is 0 Å². The zero-order valence-corrected chi connectivity index (χ0v) is 16.6. The van der Waals surface area contributed by atoms with Crippen molar-refractivity contribution in [3.63, 3.8) is 0 Å². The number of hydrogen-bond donors (Lipinski definition) is 1. The Bertz CT molecular complexity index is 1060. The third kappa shape index (κ3) is 2.63. The van der Waals surface area contributed by atoms with Crippen molar-refractivity contribution < 1.29 is 19.5 Å². The average molecular weight is 386 g/mol. The van der Waals surface area contributed by atoms with Crippen molar-refractivity contribution in [2.75, 3.05) is 0 Å². The molecule has 0 aliphatic heterocycles. The standard InChI is InChI=1S/C25H22O4/c1-24(2,3)19-13-16(14-20(26)21(19)27)25(15-9-5-4-6-10-15)22(28)17-11-7-8-12-18(17)23(25)29/h4-14,16,26H,1-3H3. The van der Waals surface area contributed by atoms with Crippen LogP contribution in [-0.2, 0) is 10.2 Å². The number of carbonyl (C=O) groups is 3. The number of carbonyl (C=O) groups excluding carboxylic acids is 3. The van der Waals surface area contributed by atoms with Gasteiger partial charge in [-0.15, -0.1) is 0 Å². The van der Waals surface area contributed by atoms with Crippen LogP contribution in [0.4, 0.5) is 0 Å². The third-order valence-electron chi connectivity index (χ3n) is 5.83. The number of aliphatic hydroxyl groups is 1. The molecular formula is C25H22O4. The van der Waals surface area contributed by atoms with Gasteiger partial charge in [-0.25, -0.2) is 0 Å². The van der Waals surface area contributed by atoms with Crippen molar-refractivity contribution >= 4 is 17.3 Å². The predicted octanol–water partition coefficient (Wildman–Crippen LogP) is 4.62. The van der Waals surface area contributed by atoms with E-state index in [2.05, 4.69) is 0 Å². The fourth-order valence-corrected chi connectivity index (χ4v) is 4.39. The van der Waals surface area contributed by atoms with Crippen LogP contribution in [0.3, 0.4) is 0 Å². The Morgan fingerprint density at radius 3 is 1.83 bits per heavy atom. The molecule has 1 unspecified atom stereocenters. The average Bonchev–Trinajstić information content (AvgIpc) is 2.92. The molecular weight excluding hydrogens is 364 g/mol. The summed E-state index contributed by atoms with van der Waals surface area (Å²) < 4.78 is 0. The lowest BCUT2D eigenvalue weighted by atomic mass is 9.63. The molecule has 4 rings (SSSR count). The number of aliphatic hydroxyl groups excluding tert-OH is 1. The zero-order valence-electron chi connectivity index (χ0n) is 16.6. The Morgan fingerprint density at radius 1 is 0.793 bits per heavy atom. The van der Waals surface area contributed by atoms with Crippen LogP contribution in [0.2, 0.25) is 0 Å². The minimum absolute atomic E-state index is 0.308. The lowest BCUT2D eigenvalue weighted by molar-refractivity contribution is -0.115. The van der Waals surface area contributed by atoms with Crippen LogP contribution in [0, 0.1) is 11.3 Å². The molecule has 4 nitrogen and oxygen atoms in total. The van der Waals surface area contributed by atoms with Gasteiger partial charge in [-0.05, 0) is 17.1 Å². The summed E-state index contributed by atoms with van der Waals surface area (Å²) >= 11 is 0. The smallest absolute Gasteiger partial charge is 0.223 e. The lowest BCUT2D eigenvalue weighted by Crippen LogP contribution is -2.46. The molecule has 0 saturated heterocycles. The molecule has 1 N–H and O–H groups in total. The highest BCUT2D eigenvalue weighted by molar-refractivity contribution is 6.33. The van der Waals surface area contributed by atoms with Crippen molar-refractivity contribution in [1.82, 2.24) is 0 Å². The molecule has 0 saturated carbocycles. The van der Waals surface area contributed by atoms with Crippen LogP contribution in [0.1, 0.15) is 47.1 Å². The Morgan fingerprint density at radius 2 is 1.31 bits per heavy atom. The van der Waals surface area contributed by atoms with Gasteiger partial charge in [-0.2, -0.15) is 0 Å². The van der Waals surface area contributed by atoms with E-state index in [0.717, 1.165) is 0 Å². The minimum Gasteiger partial charge on any atom is -0.504 e. The number of allylic oxidation sites excluding steroid dienone is 3. The Kier molecular flexibility index (Phi) is 4.19. The lowest BCUT2D eigenvalue weighted by Gasteiger charge is -2.35. The third-order valence-corrected chi connectivity index (χ3v) is 5.83. The summed E-state index contributed by atoms with van der Waals surface area (Å²) in [6.45, 7) is 5.61. The molecule has 4 heteroatoms. The molecule has 0 fully saturated rings. The fraction of sp³-hybridized carbons (Fsp3) is 0.240. The van der Waals surface area contributed by atoms with Crippen molar-refractivity contribution in [1.29, 1.82) is 0 Å². The maximum absolute atomic E-state index is 13.7. The van der Waals surface area contributed by atoms with Gasteiger partial charge in [-0.3, -0.25) is 14.4 Å². The summed E-state index contributed by atoms with van der Waals surface area (Å²) in [5, 5.41) is 10.4. The molecule has 1 atom stereocenters. The van der Waals surface area contributed by atoms with Gasteiger partial charge in [0.15, 0.2) is 17.3 Å². The Hall–Kier alpha value is -3.27. The molecule has 2 aliphatic rings. The van der Waals surface area contributed by atoms with Crippen LogP contribution >= 0.6 is 0 Å². The first-order chi connectivity index (χ1) is 13.7. The van der Waals surface area contributed by atoms with Gasteiger partial charge in [0.25, 0.3) is 0 Å². The van der Waals surface area contributed by atoms with Gasteiger partial charge < -0.3 is 5.11 Å². The van der Waals surface area contributed by atoms with Gasteiger partial charge in [-0.1, -0.05) is 81.4 Å². The second kappa shape index (κ2) is 6.38. The van der Waals surface area contributed by atoms with E-state index >= 15 is 0 Å². The molecule has 0 radical (unpaired) electrons. The van der Waals surface area contributed by atoms with E-state index in [9.17, 15) is 19.5 Å². The van der Waals surface area contributed by atoms with Crippen LogP contribution < -0.4 is 0 Å². The quantitative estimate of drug-likeness (QED) is 0.765. The first-order valence-electron chi connectivity index (χ1n) is 9.61. The number of hydrogen-bond acceptors (Lipinski definition) is 4. The van der Waals surface area contributed by atoms with E-state index in [4.69, 9.17) is 0 Å². The second-order valence-corrected chi connectivity index (χ2v) is 8.62. The van der Waals surface area contributed by atoms with E-state index in [1.165, 1.54) is 6.08 Å². The number of rotatable bonds is 2. The maximum Gasteiger partial charge on any atom is 0.223 e. The second-order valence-electron chi connectivity index (χ2n) is 8.62. The minimum atomic E-state index is -1.55. The Balaban J connectivity index is 2.03. The van der Waals surface area contributed by atoms with E-state index in [1.807, 2.05) is 26.8 Å². The van der Waals surface area contributed by atoms with Gasteiger partial charge in [0, 0.05) is 22.6 Å². The van der Waals surface area contributed by atoms with Crippen molar-refractivity contribution in [3.8, 4) is 0 Å². The van der Waals surface area contributed by atoms with Crippen LogP contribution in [0.5, 0.6) is 0 Å². The van der Waals surface area contributed by atoms with Gasteiger partial charge >= 0.3 is 0 Å². The molecule has 2 aliphatic carbocycles. The monoisotopic (exact) mass is 386 g/mol. The molecule has 0 amide bonds. The highest BCUT2D eigenvalue weighted by Gasteiger charge is 2.58. The highest BCUT2D eigenvalue weighted by Crippen LogP contribution is 2.48. The summed E-state index contributed by atoms with van der Waals surface area (Å²) in [5.41, 5.74) is -0.398. The number of ketones is 3. The van der Waals surface area contributed by atoms with Crippen LogP contribution in [-0.4, -0.2) is 22.5 Å². The molecule has 2 aromatic rings.